The van der Waals surface area contributed by atoms with E-state index >= 15 is 0 Å². The van der Waals surface area contributed by atoms with Gasteiger partial charge in [0.05, 0.1) is 16.3 Å². The van der Waals surface area contributed by atoms with E-state index in [1.165, 1.54) is 6.26 Å². The number of hydrogen-bond acceptors (Lipinski definition) is 4. The first-order chi connectivity index (χ1) is 11.7. The van der Waals surface area contributed by atoms with E-state index in [4.69, 9.17) is 46.4 Å². The van der Waals surface area contributed by atoms with Gasteiger partial charge in [0.2, 0.25) is 5.28 Å². The van der Waals surface area contributed by atoms with Crippen molar-refractivity contribution in [1.29, 1.82) is 0 Å². The standard InChI is InChI=1S/C12H6Cl4F4N2O2S2/c1-25-7-3-5(11(17,18)19)2-6(13)9(7)22-4-8(21-10(22)14)26(23,24)12(15,16)20/h2-4H,1H3. The predicted octanol–water partition coefficient (Wildman–Crippen LogP) is 5.75. The Morgan fingerprint density at radius 1 is 1.15 bits per heavy atom. The van der Waals surface area contributed by atoms with Crippen LogP contribution in [0.25, 0.3) is 5.69 Å². The van der Waals surface area contributed by atoms with E-state index in [-0.39, 0.29) is 15.6 Å². The highest BCUT2D eigenvalue weighted by Gasteiger charge is 2.44. The Morgan fingerprint density at radius 3 is 2.19 bits per heavy atom. The molecule has 0 spiro atoms. The molecule has 0 aliphatic heterocycles. The number of aromatic nitrogens is 2. The van der Waals surface area contributed by atoms with Crippen LogP contribution in [0.1, 0.15) is 5.56 Å². The summed E-state index contributed by atoms with van der Waals surface area (Å²) in [7, 11) is -4.93. The molecule has 0 saturated carbocycles. The molecule has 0 aliphatic rings. The third kappa shape index (κ3) is 4.05. The maximum atomic E-state index is 13.5. The minimum atomic E-state index is -4.93. The van der Waals surface area contributed by atoms with Crippen molar-refractivity contribution in [1.82, 2.24) is 9.55 Å². The molecule has 0 fully saturated rings. The lowest BCUT2D eigenvalue weighted by Crippen LogP contribution is -2.21. The Hall–Kier alpha value is -0.390. The molecule has 4 nitrogen and oxygen atoms in total. The highest BCUT2D eigenvalue weighted by molar-refractivity contribution is 7.98. The Kier molecular flexibility index (Phi) is 6.08. The van der Waals surface area contributed by atoms with Crippen molar-refractivity contribution in [2.45, 2.75) is 20.0 Å². The monoisotopic (exact) mass is 490 g/mol. The highest BCUT2D eigenvalue weighted by atomic mass is 35.5. The van der Waals surface area contributed by atoms with Gasteiger partial charge in [0, 0.05) is 11.1 Å². The molecule has 0 radical (unpaired) electrons. The molecule has 2 rings (SSSR count). The molecule has 0 saturated heterocycles. The minimum absolute atomic E-state index is 0.0244. The van der Waals surface area contributed by atoms with Crippen molar-refractivity contribution in [3.8, 4) is 5.69 Å². The molecule has 0 aliphatic carbocycles. The second-order valence-corrected chi connectivity index (χ2v) is 9.94. The predicted molar refractivity (Wildman–Crippen MR) is 93.1 cm³/mol. The molecule has 0 atom stereocenters. The molecule has 1 aromatic carbocycles. The van der Waals surface area contributed by atoms with Gasteiger partial charge < -0.3 is 0 Å². The van der Waals surface area contributed by atoms with Gasteiger partial charge in [0.1, 0.15) is 0 Å². The van der Waals surface area contributed by atoms with E-state index < -0.39 is 35.8 Å². The second kappa shape index (κ2) is 7.21. The van der Waals surface area contributed by atoms with Crippen LogP contribution in [0.2, 0.25) is 10.3 Å². The van der Waals surface area contributed by atoms with Crippen molar-refractivity contribution < 1.29 is 26.0 Å². The molecule has 0 unspecified atom stereocenters. The molecule has 0 amide bonds. The summed E-state index contributed by atoms with van der Waals surface area (Å²) in [5.74, 6) is 0. The van der Waals surface area contributed by atoms with Crippen LogP contribution in [0.15, 0.2) is 28.3 Å². The van der Waals surface area contributed by atoms with Crippen molar-refractivity contribution in [2.24, 2.45) is 0 Å². The summed E-state index contributed by atoms with van der Waals surface area (Å²) in [6.45, 7) is 0. The Bertz CT molecular complexity index is 955. The smallest absolute Gasteiger partial charge is 0.287 e. The molecular formula is C12H6Cl4F4N2O2S2. The van der Waals surface area contributed by atoms with E-state index in [0.29, 0.717) is 6.07 Å². The normalized spacial score (nSPS) is 13.3. The van der Waals surface area contributed by atoms with Crippen LogP contribution in [0.3, 0.4) is 0 Å². The number of benzene rings is 1. The third-order valence-electron chi connectivity index (χ3n) is 3.04. The van der Waals surface area contributed by atoms with Crippen LogP contribution in [0.5, 0.6) is 0 Å². The van der Waals surface area contributed by atoms with Gasteiger partial charge in [-0.3, -0.25) is 4.57 Å². The topological polar surface area (TPSA) is 52.0 Å². The van der Waals surface area contributed by atoms with E-state index in [0.717, 1.165) is 28.6 Å². The molecule has 2 aromatic rings. The fraction of sp³-hybridized carbons (Fsp3) is 0.250. The van der Waals surface area contributed by atoms with Crippen LogP contribution in [-0.4, -0.2) is 28.1 Å². The molecular weight excluding hydrogens is 486 g/mol. The second-order valence-electron chi connectivity index (χ2n) is 4.67. The number of rotatable bonds is 4. The number of hydrogen-bond donors (Lipinski definition) is 0. The van der Waals surface area contributed by atoms with Gasteiger partial charge in [-0.15, -0.1) is 11.8 Å². The molecule has 14 heteroatoms. The van der Waals surface area contributed by atoms with E-state index in [9.17, 15) is 26.0 Å². The fourth-order valence-electron chi connectivity index (χ4n) is 1.87. The summed E-state index contributed by atoms with van der Waals surface area (Å²) < 4.78 is 73.3. The van der Waals surface area contributed by atoms with Crippen LogP contribution >= 0.6 is 58.2 Å². The largest absolute Gasteiger partial charge is 0.416 e. The maximum absolute atomic E-state index is 13.5. The van der Waals surface area contributed by atoms with Gasteiger partial charge in [0.15, 0.2) is 5.03 Å². The lowest BCUT2D eigenvalue weighted by Gasteiger charge is -2.15. The first-order valence-electron chi connectivity index (χ1n) is 6.21. The van der Waals surface area contributed by atoms with Crippen LogP contribution in [0.4, 0.5) is 17.6 Å². The highest BCUT2D eigenvalue weighted by Crippen LogP contribution is 2.41. The summed E-state index contributed by atoms with van der Waals surface area (Å²) in [6.07, 6.45) is -2.42. The first kappa shape index (κ1) is 21.9. The number of sulfone groups is 1. The van der Waals surface area contributed by atoms with Gasteiger partial charge in [-0.1, -0.05) is 11.6 Å². The zero-order valence-electron chi connectivity index (χ0n) is 12.3. The Labute approximate surface area is 169 Å². The van der Waals surface area contributed by atoms with Crippen LogP contribution in [-0.2, 0) is 16.0 Å². The number of thioether (sulfide) groups is 1. The van der Waals surface area contributed by atoms with E-state index in [2.05, 4.69) is 4.98 Å². The minimum Gasteiger partial charge on any atom is -0.287 e. The molecule has 144 valence electrons. The number of imidazole rings is 1. The molecule has 0 N–H and O–H groups in total. The average Bonchev–Trinajstić information content (AvgIpc) is 2.86. The average molecular weight is 492 g/mol. The Morgan fingerprint density at radius 2 is 1.73 bits per heavy atom. The van der Waals surface area contributed by atoms with Crippen molar-refractivity contribution in [2.75, 3.05) is 6.26 Å². The lowest BCUT2D eigenvalue weighted by molar-refractivity contribution is -0.137. The summed E-state index contributed by atoms with van der Waals surface area (Å²) >= 11 is 22.7. The maximum Gasteiger partial charge on any atom is 0.416 e. The number of nitrogens with zero attached hydrogens (tertiary/aromatic N) is 2. The fourth-order valence-corrected chi connectivity index (χ4v) is 4.32. The molecule has 26 heavy (non-hydrogen) atoms. The zero-order chi connectivity index (χ0) is 20.1. The summed E-state index contributed by atoms with van der Waals surface area (Å²) in [5.41, 5.74) is -1.08. The summed E-state index contributed by atoms with van der Waals surface area (Å²) in [4.78, 5) is 3.48. The van der Waals surface area contributed by atoms with E-state index in [1.807, 2.05) is 0 Å². The lowest BCUT2D eigenvalue weighted by atomic mass is 10.2. The first-order valence-corrected chi connectivity index (χ1v) is 10.4. The Balaban J connectivity index is 2.71. The van der Waals surface area contributed by atoms with Crippen LogP contribution < -0.4 is 0 Å². The van der Waals surface area contributed by atoms with Crippen molar-refractivity contribution in [3.63, 3.8) is 0 Å². The summed E-state index contributed by atoms with van der Waals surface area (Å²) in [5, 5.41) is -1.80. The number of alkyl halides is 6. The zero-order valence-corrected chi connectivity index (χ0v) is 16.9. The SMILES string of the molecule is CSc1cc(C(F)(F)F)cc(Cl)c1-n1cc(S(=O)(=O)C(F)(Cl)Cl)nc1Cl. The molecule has 1 heterocycles. The quantitative estimate of drug-likeness (QED) is 0.310. The van der Waals surface area contributed by atoms with Gasteiger partial charge in [-0.2, -0.15) is 17.6 Å². The van der Waals surface area contributed by atoms with Gasteiger partial charge in [-0.05, 0) is 53.2 Å². The van der Waals surface area contributed by atoms with Gasteiger partial charge >= 0.3 is 10.1 Å². The molecule has 1 aromatic heterocycles. The van der Waals surface area contributed by atoms with Gasteiger partial charge in [-0.25, -0.2) is 13.4 Å². The van der Waals surface area contributed by atoms with Crippen LogP contribution in [0, 0.1) is 0 Å². The molecule has 0 bridgehead atoms. The van der Waals surface area contributed by atoms with Crippen molar-refractivity contribution >= 4 is 68.0 Å². The third-order valence-corrected chi connectivity index (χ3v) is 6.92. The van der Waals surface area contributed by atoms with Gasteiger partial charge in [0.25, 0.3) is 9.84 Å². The summed E-state index contributed by atoms with van der Waals surface area (Å²) in [6, 6.07) is 1.45. The van der Waals surface area contributed by atoms with E-state index in [1.54, 1.807) is 0 Å². The number of halogens is 8. The van der Waals surface area contributed by atoms with Crippen molar-refractivity contribution in [3.05, 3.63) is 34.2 Å².